The molecule has 6 nitrogen and oxygen atoms in total. The van der Waals surface area contributed by atoms with Gasteiger partial charge in [0.05, 0.1) is 12.8 Å². The van der Waals surface area contributed by atoms with Crippen molar-refractivity contribution in [1.29, 1.82) is 0 Å². The molecular weight excluding hydrogens is 466 g/mol. The molecule has 0 heterocycles. The average molecular weight is 520 g/mol. The summed E-state index contributed by atoms with van der Waals surface area (Å²) in [5.41, 5.74) is -0.351. The quantitative estimate of drug-likeness (QED) is 0.0386. The van der Waals surface area contributed by atoms with E-state index in [1.54, 1.807) is 19.9 Å². The average Bonchev–Trinajstić information content (AvgIpc) is 2.85. The van der Waals surface area contributed by atoms with E-state index >= 15 is 0 Å². The third-order valence-electron chi connectivity index (χ3n) is 7.48. The van der Waals surface area contributed by atoms with Crippen molar-refractivity contribution in [3.8, 4) is 0 Å². The van der Waals surface area contributed by atoms with Gasteiger partial charge in [0.1, 0.15) is 24.2 Å². The summed E-state index contributed by atoms with van der Waals surface area (Å²) >= 11 is 0. The van der Waals surface area contributed by atoms with Gasteiger partial charge in [0.15, 0.2) is 5.78 Å². The summed E-state index contributed by atoms with van der Waals surface area (Å²) in [5.74, 6) is -3.22. The van der Waals surface area contributed by atoms with E-state index in [1.807, 2.05) is 0 Å². The van der Waals surface area contributed by atoms with E-state index in [2.05, 4.69) is 18.7 Å². The van der Waals surface area contributed by atoms with Crippen LogP contribution < -0.4 is 0 Å². The lowest BCUT2D eigenvalue weighted by molar-refractivity contribution is -0.159. The predicted molar refractivity (Wildman–Crippen MR) is 151 cm³/mol. The van der Waals surface area contributed by atoms with Gasteiger partial charge in [-0.2, -0.15) is 0 Å². The molecule has 6 heteroatoms. The molecule has 1 fully saturated rings. The van der Waals surface area contributed by atoms with Gasteiger partial charge in [0.2, 0.25) is 0 Å². The molecule has 0 radical (unpaired) electrons. The summed E-state index contributed by atoms with van der Waals surface area (Å²) in [6, 6.07) is 0. The number of carbonyl (C=O) groups is 3. The largest absolute Gasteiger partial charge is 0.468 e. The highest BCUT2D eigenvalue weighted by Crippen LogP contribution is 2.40. The van der Waals surface area contributed by atoms with Crippen molar-refractivity contribution in [2.75, 3.05) is 13.7 Å². The summed E-state index contributed by atoms with van der Waals surface area (Å²) in [6.07, 6.45) is 21.2. The van der Waals surface area contributed by atoms with Crippen LogP contribution in [-0.2, 0) is 24.0 Å². The first-order valence-electron chi connectivity index (χ1n) is 14.7. The van der Waals surface area contributed by atoms with E-state index in [1.165, 1.54) is 84.2 Å². The smallest absolute Gasteiger partial charge is 0.316 e. The molecule has 0 unspecified atom stereocenters. The Morgan fingerprint density at radius 3 is 1.86 bits per heavy atom. The molecule has 212 valence electrons. The normalized spacial score (nSPS) is 19.6. The molecule has 0 aliphatic heterocycles. The van der Waals surface area contributed by atoms with Crippen LogP contribution in [-0.4, -0.2) is 37.0 Å². The van der Waals surface area contributed by atoms with E-state index in [4.69, 9.17) is 9.57 Å². The third kappa shape index (κ3) is 12.4. The molecule has 0 aromatic rings. The standard InChI is InChI=1S/C31H53NO5/c1-6-8-9-10-11-12-13-14-15-16-17-18-19-20-21-22-25(32-37-23-7-2)27-26(33)24-31(3,4)28(29(27)34)30(35)36-5/h7,27-28H,2,6,8-24H2,1,3-5H3/b32-25-/t27-,28-/m1/s1. The molecule has 1 saturated carbocycles. The Labute approximate surface area is 226 Å². The van der Waals surface area contributed by atoms with Gasteiger partial charge in [-0.05, 0) is 18.3 Å². The van der Waals surface area contributed by atoms with Gasteiger partial charge in [-0.15, -0.1) is 0 Å². The van der Waals surface area contributed by atoms with Gasteiger partial charge >= 0.3 is 5.97 Å². The lowest BCUT2D eigenvalue weighted by atomic mass is 9.63. The van der Waals surface area contributed by atoms with Gasteiger partial charge in [-0.3, -0.25) is 14.4 Å². The second-order valence-electron chi connectivity index (χ2n) is 11.3. The lowest BCUT2D eigenvalue weighted by Crippen LogP contribution is -2.52. The number of nitrogens with zero attached hydrogens (tertiary/aromatic N) is 1. The number of esters is 1. The summed E-state index contributed by atoms with van der Waals surface area (Å²) in [4.78, 5) is 44.0. The fourth-order valence-corrected chi connectivity index (χ4v) is 5.36. The first kappa shape index (κ1) is 33.0. The Balaban J connectivity index is 2.42. The van der Waals surface area contributed by atoms with Crippen molar-refractivity contribution >= 4 is 23.2 Å². The fraction of sp³-hybridized carbons (Fsp3) is 0.806. The number of methoxy groups -OCH3 is 1. The van der Waals surface area contributed by atoms with E-state index in [0.717, 1.165) is 19.3 Å². The minimum Gasteiger partial charge on any atom is -0.468 e. The highest BCUT2D eigenvalue weighted by Gasteiger charge is 2.53. The van der Waals surface area contributed by atoms with Crippen LogP contribution in [0.3, 0.4) is 0 Å². The number of ether oxygens (including phenoxy) is 1. The number of Topliss-reactive ketones (excluding diaryl/α,β-unsaturated/α-hetero) is 2. The van der Waals surface area contributed by atoms with Crippen molar-refractivity contribution in [3.63, 3.8) is 0 Å². The molecule has 0 saturated heterocycles. The molecule has 0 aromatic heterocycles. The first-order chi connectivity index (χ1) is 17.8. The van der Waals surface area contributed by atoms with Crippen LogP contribution in [0.2, 0.25) is 0 Å². The zero-order chi connectivity index (χ0) is 27.5. The van der Waals surface area contributed by atoms with Crippen molar-refractivity contribution in [2.24, 2.45) is 22.4 Å². The second-order valence-corrected chi connectivity index (χ2v) is 11.3. The predicted octanol–water partition coefficient (Wildman–Crippen LogP) is 7.78. The van der Waals surface area contributed by atoms with E-state index < -0.39 is 29.0 Å². The van der Waals surface area contributed by atoms with Crippen LogP contribution >= 0.6 is 0 Å². The molecule has 0 spiro atoms. The molecule has 1 rings (SSSR count). The molecule has 0 aromatic carbocycles. The van der Waals surface area contributed by atoms with Crippen LogP contribution in [0.1, 0.15) is 130 Å². The number of ketones is 2. The van der Waals surface area contributed by atoms with Crippen LogP contribution in [0.25, 0.3) is 0 Å². The summed E-state index contributed by atoms with van der Waals surface area (Å²) < 4.78 is 4.89. The third-order valence-corrected chi connectivity index (χ3v) is 7.48. The van der Waals surface area contributed by atoms with Gasteiger partial charge in [-0.25, -0.2) is 0 Å². The van der Waals surface area contributed by atoms with Gasteiger partial charge in [0, 0.05) is 6.42 Å². The maximum atomic E-state index is 13.3. The number of hydrogen-bond donors (Lipinski definition) is 0. The molecule has 1 aliphatic carbocycles. The monoisotopic (exact) mass is 519 g/mol. The topological polar surface area (TPSA) is 82.0 Å². The molecule has 0 amide bonds. The molecule has 1 aliphatic rings. The molecular formula is C31H53NO5. The minimum absolute atomic E-state index is 0.127. The Morgan fingerprint density at radius 1 is 0.919 bits per heavy atom. The summed E-state index contributed by atoms with van der Waals surface area (Å²) in [7, 11) is 1.27. The zero-order valence-electron chi connectivity index (χ0n) is 24.2. The first-order valence-corrected chi connectivity index (χ1v) is 14.7. The minimum atomic E-state index is -1.03. The Bertz CT molecular complexity index is 727. The molecule has 0 bridgehead atoms. The fourth-order valence-electron chi connectivity index (χ4n) is 5.36. The number of carbonyl (C=O) groups excluding carboxylic acids is 3. The Hall–Kier alpha value is -1.98. The Kier molecular flexibility index (Phi) is 17.1. The van der Waals surface area contributed by atoms with Crippen molar-refractivity contribution in [3.05, 3.63) is 12.7 Å². The number of hydrogen-bond acceptors (Lipinski definition) is 6. The summed E-state index contributed by atoms with van der Waals surface area (Å²) in [5, 5.41) is 4.16. The SMILES string of the molecule is C=CCO/N=C(/CCCCCCCCCCCCCCCCC)[C@@H]1C(=O)CC(C)(C)[C@@H](C(=O)OC)C1=O. The highest BCUT2D eigenvalue weighted by molar-refractivity contribution is 6.26. The van der Waals surface area contributed by atoms with Crippen LogP contribution in [0.5, 0.6) is 0 Å². The maximum Gasteiger partial charge on any atom is 0.316 e. The second kappa shape index (κ2) is 19.1. The molecule has 2 atom stereocenters. The van der Waals surface area contributed by atoms with Crippen molar-refractivity contribution < 1.29 is 24.0 Å². The van der Waals surface area contributed by atoms with E-state index in [9.17, 15) is 14.4 Å². The lowest BCUT2D eigenvalue weighted by Gasteiger charge is -2.38. The van der Waals surface area contributed by atoms with Gasteiger partial charge in [-0.1, -0.05) is 128 Å². The van der Waals surface area contributed by atoms with Crippen LogP contribution in [0.15, 0.2) is 17.8 Å². The van der Waals surface area contributed by atoms with Crippen molar-refractivity contribution in [1.82, 2.24) is 0 Å². The van der Waals surface area contributed by atoms with E-state index in [-0.39, 0.29) is 18.8 Å². The maximum absolute atomic E-state index is 13.3. The van der Waals surface area contributed by atoms with Crippen LogP contribution in [0.4, 0.5) is 0 Å². The van der Waals surface area contributed by atoms with Crippen molar-refractivity contribution in [2.45, 2.75) is 130 Å². The zero-order valence-corrected chi connectivity index (χ0v) is 24.2. The number of unbranched alkanes of at least 4 members (excludes halogenated alkanes) is 14. The Morgan fingerprint density at radius 2 is 1.41 bits per heavy atom. The van der Waals surface area contributed by atoms with Gasteiger partial charge in [0.25, 0.3) is 0 Å². The summed E-state index contributed by atoms with van der Waals surface area (Å²) in [6.45, 7) is 9.61. The number of rotatable bonds is 21. The number of oxime groups is 1. The molecule has 37 heavy (non-hydrogen) atoms. The van der Waals surface area contributed by atoms with E-state index in [0.29, 0.717) is 12.1 Å². The highest BCUT2D eigenvalue weighted by atomic mass is 16.6. The van der Waals surface area contributed by atoms with Crippen LogP contribution in [0, 0.1) is 17.3 Å². The molecule has 0 N–H and O–H groups in total. The van der Waals surface area contributed by atoms with Gasteiger partial charge < -0.3 is 9.57 Å².